The van der Waals surface area contributed by atoms with Gasteiger partial charge in [-0.05, 0) is 32.1 Å². The summed E-state index contributed by atoms with van der Waals surface area (Å²) in [4.78, 5) is 0. The summed E-state index contributed by atoms with van der Waals surface area (Å²) in [5.74, 6) is 0. The Hall–Kier alpha value is -0.200. The highest BCUT2D eigenvalue weighted by Crippen LogP contribution is 2.58. The smallest absolute Gasteiger partial charge is 0.211 e. The molecule has 0 aromatic rings. The molecule has 1 unspecified atom stereocenters. The second-order valence-electron chi connectivity index (χ2n) is 6.96. The lowest BCUT2D eigenvalue weighted by Gasteiger charge is -2.37. The van der Waals surface area contributed by atoms with Crippen molar-refractivity contribution in [1.29, 1.82) is 0 Å². The molecule has 0 saturated heterocycles. The molecule has 1 fully saturated rings. The van der Waals surface area contributed by atoms with Crippen LogP contribution in [-0.2, 0) is 14.6 Å². The Balaban J connectivity index is 2.94. The van der Waals surface area contributed by atoms with Gasteiger partial charge in [0.15, 0.2) is 9.84 Å². The van der Waals surface area contributed by atoms with Crippen LogP contribution in [0.3, 0.4) is 0 Å². The van der Waals surface area contributed by atoms with Crippen LogP contribution in [0.2, 0.25) is 0 Å². The number of nitrogens with two attached hydrogens (primary N) is 1. The molecule has 2 N–H and O–H groups in total. The number of ether oxygens (including phenoxy) is 1. The van der Waals surface area contributed by atoms with Gasteiger partial charge < -0.3 is 10.5 Å². The molecule has 0 aliphatic heterocycles. The van der Waals surface area contributed by atoms with Crippen LogP contribution in [0.1, 0.15) is 47.5 Å². The van der Waals surface area contributed by atoms with Crippen LogP contribution in [0, 0.1) is 5.41 Å². The van der Waals surface area contributed by atoms with Crippen molar-refractivity contribution in [2.45, 2.75) is 63.3 Å². The SMILES string of the molecule is CC(C)(C)C1(S(=O)(=O)C(C)(C)COC(F)CN)CC1. The van der Waals surface area contributed by atoms with E-state index in [0.717, 1.165) is 0 Å². The second-order valence-corrected chi connectivity index (χ2v) is 9.86. The molecule has 1 aliphatic rings. The van der Waals surface area contributed by atoms with Crippen LogP contribution in [0.4, 0.5) is 4.39 Å². The van der Waals surface area contributed by atoms with Crippen LogP contribution >= 0.6 is 0 Å². The molecule has 0 spiro atoms. The van der Waals surface area contributed by atoms with Crippen LogP contribution < -0.4 is 5.73 Å². The average Bonchev–Trinajstić information content (AvgIpc) is 3.05. The molecule has 1 saturated carbocycles. The summed E-state index contributed by atoms with van der Waals surface area (Å²) in [7, 11) is -3.42. The number of halogens is 1. The van der Waals surface area contributed by atoms with E-state index in [2.05, 4.69) is 0 Å². The molecule has 0 aromatic carbocycles. The van der Waals surface area contributed by atoms with Crippen molar-refractivity contribution in [1.82, 2.24) is 0 Å². The van der Waals surface area contributed by atoms with Gasteiger partial charge in [-0.15, -0.1) is 0 Å². The molecule has 0 bridgehead atoms. The first-order valence-electron chi connectivity index (χ1n) is 6.61. The number of rotatable bonds is 6. The molecule has 0 aromatic heterocycles. The van der Waals surface area contributed by atoms with Gasteiger partial charge in [0, 0.05) is 6.54 Å². The van der Waals surface area contributed by atoms with E-state index in [1.165, 1.54) is 0 Å². The maximum absolute atomic E-state index is 13.1. The molecule has 114 valence electrons. The summed E-state index contributed by atoms with van der Waals surface area (Å²) in [6.45, 7) is 8.56. The van der Waals surface area contributed by atoms with Crippen molar-refractivity contribution in [3.63, 3.8) is 0 Å². The highest BCUT2D eigenvalue weighted by Gasteiger charge is 2.65. The maximum Gasteiger partial charge on any atom is 0.211 e. The first-order valence-corrected chi connectivity index (χ1v) is 8.09. The van der Waals surface area contributed by atoms with Gasteiger partial charge in [0.2, 0.25) is 6.36 Å². The molecule has 4 nitrogen and oxygen atoms in total. The van der Waals surface area contributed by atoms with Gasteiger partial charge in [0.25, 0.3) is 0 Å². The lowest BCUT2D eigenvalue weighted by Crippen LogP contribution is -2.50. The van der Waals surface area contributed by atoms with Crippen LogP contribution in [-0.4, -0.2) is 37.4 Å². The predicted molar refractivity (Wildman–Crippen MR) is 74.3 cm³/mol. The minimum absolute atomic E-state index is 0.175. The zero-order valence-corrected chi connectivity index (χ0v) is 13.3. The van der Waals surface area contributed by atoms with Crippen molar-refractivity contribution in [2.24, 2.45) is 11.1 Å². The lowest BCUT2D eigenvalue weighted by molar-refractivity contribution is -0.0387. The minimum atomic E-state index is -3.42. The Morgan fingerprint density at radius 1 is 1.26 bits per heavy atom. The highest BCUT2D eigenvalue weighted by molar-refractivity contribution is 7.94. The summed E-state index contributed by atoms with van der Waals surface area (Å²) in [6.07, 6.45) is -0.282. The van der Waals surface area contributed by atoms with E-state index >= 15 is 0 Å². The van der Waals surface area contributed by atoms with Gasteiger partial charge in [0.1, 0.15) is 0 Å². The molecular weight excluding hydrogens is 269 g/mol. The number of sulfone groups is 1. The summed E-state index contributed by atoms with van der Waals surface area (Å²) < 4.78 is 41.8. The Morgan fingerprint density at radius 3 is 2.05 bits per heavy atom. The molecule has 19 heavy (non-hydrogen) atoms. The van der Waals surface area contributed by atoms with Gasteiger partial charge in [-0.2, -0.15) is 0 Å². The second kappa shape index (κ2) is 4.97. The van der Waals surface area contributed by atoms with Crippen molar-refractivity contribution in [3.05, 3.63) is 0 Å². The Labute approximate surface area is 115 Å². The third-order valence-corrected chi connectivity index (χ3v) is 7.73. The normalized spacial score (nSPS) is 21.2. The topological polar surface area (TPSA) is 69.4 Å². The van der Waals surface area contributed by atoms with Crippen molar-refractivity contribution in [2.75, 3.05) is 13.2 Å². The fourth-order valence-corrected chi connectivity index (χ4v) is 5.23. The number of alkyl halides is 1. The quantitative estimate of drug-likeness (QED) is 0.814. The molecule has 0 heterocycles. The van der Waals surface area contributed by atoms with Gasteiger partial charge in [0.05, 0.1) is 16.1 Å². The van der Waals surface area contributed by atoms with E-state index in [9.17, 15) is 12.8 Å². The molecule has 6 heteroatoms. The molecule has 1 aliphatic carbocycles. The number of hydrogen-bond donors (Lipinski definition) is 1. The Bertz CT molecular complexity index is 422. The van der Waals surface area contributed by atoms with Gasteiger partial charge in [-0.3, -0.25) is 0 Å². The fourth-order valence-electron chi connectivity index (χ4n) is 2.50. The molecule has 1 rings (SSSR count). The van der Waals surface area contributed by atoms with E-state index in [1.807, 2.05) is 20.8 Å². The summed E-state index contributed by atoms with van der Waals surface area (Å²) in [5.41, 5.74) is 4.80. The van der Waals surface area contributed by atoms with E-state index < -0.39 is 25.7 Å². The first kappa shape index (κ1) is 16.9. The highest BCUT2D eigenvalue weighted by atomic mass is 32.2. The zero-order valence-electron chi connectivity index (χ0n) is 12.5. The monoisotopic (exact) mass is 295 g/mol. The van der Waals surface area contributed by atoms with E-state index in [1.54, 1.807) is 13.8 Å². The van der Waals surface area contributed by atoms with Gasteiger partial charge >= 0.3 is 0 Å². The molecule has 0 amide bonds. The summed E-state index contributed by atoms with van der Waals surface area (Å²) in [6, 6.07) is 0. The van der Waals surface area contributed by atoms with Crippen molar-refractivity contribution < 1.29 is 17.5 Å². The maximum atomic E-state index is 13.1. The van der Waals surface area contributed by atoms with Crippen molar-refractivity contribution in [3.8, 4) is 0 Å². The first-order chi connectivity index (χ1) is 8.41. The number of hydrogen-bond acceptors (Lipinski definition) is 4. The van der Waals surface area contributed by atoms with Crippen LogP contribution in [0.15, 0.2) is 0 Å². The zero-order chi connectivity index (χ0) is 15.1. The summed E-state index contributed by atoms with van der Waals surface area (Å²) >= 11 is 0. The average molecular weight is 295 g/mol. The standard InChI is InChI=1S/C13H26FNO3S/c1-11(2,3)13(6-7-13)19(16,17)12(4,5)9-18-10(14)8-15/h10H,6-9,15H2,1-5H3. The van der Waals surface area contributed by atoms with E-state index in [0.29, 0.717) is 12.8 Å². The molecular formula is C13H26FNO3S. The predicted octanol–water partition coefficient (Wildman–Crippen LogP) is 2.03. The molecule has 1 atom stereocenters. The van der Waals surface area contributed by atoms with Gasteiger partial charge in [-0.25, -0.2) is 12.8 Å². The van der Waals surface area contributed by atoms with E-state index in [-0.39, 0.29) is 18.6 Å². The van der Waals surface area contributed by atoms with E-state index in [4.69, 9.17) is 10.5 Å². The molecule has 0 radical (unpaired) electrons. The Kier molecular flexibility index (Phi) is 4.41. The van der Waals surface area contributed by atoms with Gasteiger partial charge in [-0.1, -0.05) is 20.8 Å². The fraction of sp³-hybridized carbons (Fsp3) is 1.00. The third kappa shape index (κ3) is 2.81. The Morgan fingerprint density at radius 2 is 1.74 bits per heavy atom. The lowest BCUT2D eigenvalue weighted by atomic mass is 9.89. The largest absolute Gasteiger partial charge is 0.345 e. The summed E-state index contributed by atoms with van der Waals surface area (Å²) in [5, 5.41) is 0. The van der Waals surface area contributed by atoms with Crippen molar-refractivity contribution >= 4 is 9.84 Å². The minimum Gasteiger partial charge on any atom is -0.345 e. The van der Waals surface area contributed by atoms with Crippen LogP contribution in [0.5, 0.6) is 0 Å². The van der Waals surface area contributed by atoms with Crippen LogP contribution in [0.25, 0.3) is 0 Å². The third-order valence-electron chi connectivity index (χ3n) is 4.11.